The normalized spacial score (nSPS) is 30.9. The molecule has 0 spiro atoms. The van der Waals surface area contributed by atoms with Crippen LogP contribution in [0.25, 0.3) is 0 Å². The maximum absolute atomic E-state index is 6.38. The monoisotopic (exact) mass is 227 g/mol. The van der Waals surface area contributed by atoms with E-state index in [1.54, 1.807) is 0 Å². The molecule has 2 N–H and O–H groups in total. The smallest absolute Gasteiger partial charge is 0.0483 e. The van der Waals surface area contributed by atoms with Gasteiger partial charge < -0.3 is 10.5 Å². The lowest BCUT2D eigenvalue weighted by Crippen LogP contribution is -2.44. The Morgan fingerprint density at radius 3 is 2.44 bits per heavy atom. The highest BCUT2D eigenvalue weighted by atomic mass is 16.5. The first kappa shape index (κ1) is 14.0. The molecule has 0 bridgehead atoms. The zero-order valence-corrected chi connectivity index (χ0v) is 11.3. The van der Waals surface area contributed by atoms with Gasteiger partial charge in [0.05, 0.1) is 0 Å². The Balaban J connectivity index is 2.07. The van der Waals surface area contributed by atoms with E-state index in [1.165, 1.54) is 25.7 Å². The maximum Gasteiger partial charge on any atom is 0.0483 e. The van der Waals surface area contributed by atoms with E-state index in [0.29, 0.717) is 0 Å². The van der Waals surface area contributed by atoms with Gasteiger partial charge in [0.2, 0.25) is 0 Å². The Morgan fingerprint density at radius 2 is 1.88 bits per heavy atom. The second kappa shape index (κ2) is 6.61. The molecule has 16 heavy (non-hydrogen) atoms. The van der Waals surface area contributed by atoms with Gasteiger partial charge in [-0.1, -0.05) is 20.8 Å². The highest BCUT2D eigenvalue weighted by Gasteiger charge is 2.29. The summed E-state index contributed by atoms with van der Waals surface area (Å²) in [6, 6.07) is 0. The van der Waals surface area contributed by atoms with E-state index in [-0.39, 0.29) is 5.54 Å². The van der Waals surface area contributed by atoms with Crippen molar-refractivity contribution in [2.75, 3.05) is 13.2 Å². The SMILES string of the molecule is CC(C)CCOCCC1(N)CCC(C)CC1. The topological polar surface area (TPSA) is 35.2 Å². The van der Waals surface area contributed by atoms with Gasteiger partial charge in [-0.25, -0.2) is 0 Å². The maximum atomic E-state index is 6.38. The molecular formula is C14H29NO. The van der Waals surface area contributed by atoms with Crippen LogP contribution in [0, 0.1) is 11.8 Å². The first-order chi connectivity index (χ1) is 7.52. The van der Waals surface area contributed by atoms with Crippen LogP contribution in [0.1, 0.15) is 59.3 Å². The van der Waals surface area contributed by atoms with Crippen LogP contribution in [0.2, 0.25) is 0 Å². The van der Waals surface area contributed by atoms with E-state index < -0.39 is 0 Å². The minimum Gasteiger partial charge on any atom is -0.381 e. The fraction of sp³-hybridized carbons (Fsp3) is 1.00. The van der Waals surface area contributed by atoms with Crippen molar-refractivity contribution in [3.8, 4) is 0 Å². The van der Waals surface area contributed by atoms with Crippen molar-refractivity contribution < 1.29 is 4.74 Å². The Morgan fingerprint density at radius 1 is 1.25 bits per heavy atom. The molecule has 1 fully saturated rings. The van der Waals surface area contributed by atoms with Gasteiger partial charge in [0.1, 0.15) is 0 Å². The average molecular weight is 227 g/mol. The first-order valence-corrected chi connectivity index (χ1v) is 6.88. The molecule has 0 aliphatic heterocycles. The summed E-state index contributed by atoms with van der Waals surface area (Å²) < 4.78 is 5.66. The van der Waals surface area contributed by atoms with Crippen LogP contribution in [0.15, 0.2) is 0 Å². The van der Waals surface area contributed by atoms with Gasteiger partial charge in [-0.3, -0.25) is 0 Å². The van der Waals surface area contributed by atoms with Gasteiger partial charge in [-0.2, -0.15) is 0 Å². The molecule has 0 saturated heterocycles. The summed E-state index contributed by atoms with van der Waals surface area (Å²) >= 11 is 0. The third-order valence-corrected chi connectivity index (χ3v) is 3.85. The Labute approximate surface area is 101 Å². The van der Waals surface area contributed by atoms with Crippen LogP contribution in [-0.4, -0.2) is 18.8 Å². The van der Waals surface area contributed by atoms with E-state index in [0.717, 1.165) is 37.9 Å². The van der Waals surface area contributed by atoms with E-state index in [4.69, 9.17) is 10.5 Å². The fourth-order valence-electron chi connectivity index (χ4n) is 2.28. The van der Waals surface area contributed by atoms with Crippen LogP contribution >= 0.6 is 0 Å². The third-order valence-electron chi connectivity index (χ3n) is 3.85. The molecule has 0 atom stereocenters. The molecular weight excluding hydrogens is 198 g/mol. The van der Waals surface area contributed by atoms with Crippen molar-refractivity contribution in [3.05, 3.63) is 0 Å². The summed E-state index contributed by atoms with van der Waals surface area (Å²) in [4.78, 5) is 0. The molecule has 0 unspecified atom stereocenters. The van der Waals surface area contributed by atoms with Gasteiger partial charge in [-0.15, -0.1) is 0 Å². The molecule has 2 nitrogen and oxygen atoms in total. The predicted octanol–water partition coefficient (Wildman–Crippen LogP) is 3.35. The van der Waals surface area contributed by atoms with E-state index in [1.807, 2.05) is 0 Å². The molecule has 2 heteroatoms. The average Bonchev–Trinajstić information content (AvgIpc) is 2.22. The van der Waals surface area contributed by atoms with Crippen LogP contribution in [0.5, 0.6) is 0 Å². The second-order valence-corrected chi connectivity index (χ2v) is 6.09. The Kier molecular flexibility index (Phi) is 5.77. The molecule has 1 rings (SSSR count). The van der Waals surface area contributed by atoms with E-state index in [2.05, 4.69) is 20.8 Å². The molecule has 1 saturated carbocycles. The summed E-state index contributed by atoms with van der Waals surface area (Å²) in [6.45, 7) is 8.53. The van der Waals surface area contributed by atoms with Gasteiger partial charge in [-0.05, 0) is 50.4 Å². The van der Waals surface area contributed by atoms with Crippen molar-refractivity contribution >= 4 is 0 Å². The minimum atomic E-state index is 0.0738. The Bertz CT molecular complexity index is 183. The zero-order chi connectivity index (χ0) is 12.0. The van der Waals surface area contributed by atoms with E-state index in [9.17, 15) is 0 Å². The molecule has 0 aromatic heterocycles. The largest absolute Gasteiger partial charge is 0.381 e. The molecule has 96 valence electrons. The number of rotatable bonds is 6. The van der Waals surface area contributed by atoms with Crippen molar-refractivity contribution in [2.24, 2.45) is 17.6 Å². The van der Waals surface area contributed by atoms with Crippen LogP contribution in [0.3, 0.4) is 0 Å². The van der Waals surface area contributed by atoms with Gasteiger partial charge in [0, 0.05) is 18.8 Å². The number of ether oxygens (including phenoxy) is 1. The quantitative estimate of drug-likeness (QED) is 0.706. The summed E-state index contributed by atoms with van der Waals surface area (Å²) in [5.74, 6) is 1.61. The minimum absolute atomic E-state index is 0.0738. The van der Waals surface area contributed by atoms with Crippen molar-refractivity contribution in [1.82, 2.24) is 0 Å². The van der Waals surface area contributed by atoms with Crippen molar-refractivity contribution in [2.45, 2.75) is 64.8 Å². The van der Waals surface area contributed by atoms with Gasteiger partial charge >= 0.3 is 0 Å². The molecule has 0 amide bonds. The summed E-state index contributed by atoms with van der Waals surface area (Å²) in [5, 5.41) is 0. The number of nitrogens with two attached hydrogens (primary N) is 1. The van der Waals surface area contributed by atoms with Crippen molar-refractivity contribution in [3.63, 3.8) is 0 Å². The van der Waals surface area contributed by atoms with Crippen LogP contribution in [0.4, 0.5) is 0 Å². The lowest BCUT2D eigenvalue weighted by molar-refractivity contribution is 0.0934. The predicted molar refractivity (Wildman–Crippen MR) is 69.4 cm³/mol. The second-order valence-electron chi connectivity index (χ2n) is 6.09. The number of hydrogen-bond acceptors (Lipinski definition) is 2. The highest BCUT2D eigenvalue weighted by Crippen LogP contribution is 2.32. The molecule has 1 aliphatic carbocycles. The Hall–Kier alpha value is -0.0800. The number of hydrogen-bond donors (Lipinski definition) is 1. The van der Waals surface area contributed by atoms with Crippen molar-refractivity contribution in [1.29, 1.82) is 0 Å². The van der Waals surface area contributed by atoms with Crippen LogP contribution < -0.4 is 5.73 Å². The molecule has 0 heterocycles. The summed E-state index contributed by atoms with van der Waals surface area (Å²) in [7, 11) is 0. The standard InChI is InChI=1S/C14H29NO/c1-12(2)6-10-16-11-9-14(15)7-4-13(3)5-8-14/h12-13H,4-11,15H2,1-3H3. The highest BCUT2D eigenvalue weighted by molar-refractivity contribution is 4.88. The van der Waals surface area contributed by atoms with Crippen LogP contribution in [-0.2, 0) is 4.74 Å². The van der Waals surface area contributed by atoms with E-state index >= 15 is 0 Å². The summed E-state index contributed by atoms with van der Waals surface area (Å²) in [5.41, 5.74) is 6.46. The first-order valence-electron chi connectivity index (χ1n) is 6.88. The lowest BCUT2D eigenvalue weighted by atomic mass is 9.76. The fourth-order valence-corrected chi connectivity index (χ4v) is 2.28. The van der Waals surface area contributed by atoms with Gasteiger partial charge in [0.25, 0.3) is 0 Å². The molecule has 0 radical (unpaired) electrons. The molecule has 0 aromatic carbocycles. The third kappa shape index (κ3) is 5.31. The zero-order valence-electron chi connectivity index (χ0n) is 11.3. The van der Waals surface area contributed by atoms with Gasteiger partial charge in [0.15, 0.2) is 0 Å². The molecule has 1 aliphatic rings. The lowest BCUT2D eigenvalue weighted by Gasteiger charge is -2.36. The molecule has 0 aromatic rings. The summed E-state index contributed by atoms with van der Waals surface area (Å²) in [6.07, 6.45) is 7.15.